The summed E-state index contributed by atoms with van der Waals surface area (Å²) in [4.78, 5) is 37.5. The highest BCUT2D eigenvalue weighted by Gasteiger charge is 2.22. The third-order valence-corrected chi connectivity index (χ3v) is 17.1. The number of carbonyl (C=O) groups excluding carboxylic acids is 3. The molecule has 0 spiro atoms. The third kappa shape index (κ3) is 69.0. The van der Waals surface area contributed by atoms with Gasteiger partial charge in [-0.1, -0.05) is 352 Å². The first-order valence-electron chi connectivity index (χ1n) is 37.6. The Balaban J connectivity index is 4.02. The van der Waals surface area contributed by atoms with Crippen LogP contribution >= 0.6 is 0 Å². The van der Waals surface area contributed by atoms with Gasteiger partial charge in [0.25, 0.3) is 0 Å². The van der Waals surface area contributed by atoms with Crippen LogP contribution in [0.25, 0.3) is 0 Å². The molecule has 0 saturated carbocycles. The van der Waals surface area contributed by atoms with Gasteiger partial charge in [-0.25, -0.2) is 0 Å². The molecule has 0 aromatic carbocycles. The molecule has 0 heterocycles. The number of esters is 2. The lowest BCUT2D eigenvalue weighted by atomic mass is 10.0. The molecule has 0 aromatic rings. The quantitative estimate of drug-likeness (QED) is 0.0195. The Morgan fingerprint density at radius 3 is 0.930 bits per heavy atom. The molecule has 2 atom stereocenters. The van der Waals surface area contributed by atoms with Crippen LogP contribution in [0.2, 0.25) is 0 Å². The molecule has 0 aromatic heterocycles. The number of rotatable bonds is 71. The van der Waals surface area contributed by atoms with E-state index in [9.17, 15) is 19.5 Å². The Morgan fingerprint density at radius 2 is 0.628 bits per heavy atom. The fraction of sp³-hybridized carbons (Fsp3) is 0.883. The van der Waals surface area contributed by atoms with Gasteiger partial charge in [0.1, 0.15) is 13.2 Å². The van der Waals surface area contributed by atoms with Gasteiger partial charge >= 0.3 is 11.9 Å². The maximum atomic E-state index is 12.9. The first kappa shape index (κ1) is 83.5. The predicted octanol–water partition coefficient (Wildman–Crippen LogP) is 22.2. The van der Waals surface area contributed by atoms with E-state index in [1.165, 1.54) is 302 Å². The molecule has 2 unspecified atom stereocenters. The summed E-state index contributed by atoms with van der Waals surface area (Å²) in [5.74, 6) is -2.25. The van der Waals surface area contributed by atoms with E-state index < -0.39 is 24.3 Å². The highest BCUT2D eigenvalue weighted by atomic mass is 16.7. The van der Waals surface area contributed by atoms with Gasteiger partial charge in [-0.15, -0.1) is 0 Å². The molecule has 0 saturated heterocycles. The summed E-state index contributed by atoms with van der Waals surface area (Å²) in [6.45, 7) is 4.81. The minimum absolute atomic E-state index is 0.150. The number of aliphatic carboxylic acids is 1. The van der Waals surface area contributed by atoms with E-state index >= 15 is 0 Å². The molecule has 0 amide bonds. The molecule has 0 aliphatic rings. The summed E-state index contributed by atoms with van der Waals surface area (Å²) in [6, 6.07) is 0. The van der Waals surface area contributed by atoms with E-state index in [1.54, 1.807) is 0 Å². The van der Waals surface area contributed by atoms with Crippen LogP contribution in [-0.2, 0) is 33.3 Å². The van der Waals surface area contributed by atoms with Crippen molar-refractivity contribution in [3.8, 4) is 0 Å². The molecular formula is C77H145NO8. The molecule has 0 aliphatic carbocycles. The van der Waals surface area contributed by atoms with Gasteiger partial charge in [0.15, 0.2) is 12.4 Å². The van der Waals surface area contributed by atoms with E-state index in [-0.39, 0.29) is 32.2 Å². The number of quaternary nitrogens is 1. The highest BCUT2D eigenvalue weighted by Crippen LogP contribution is 2.19. The number of carbonyl (C=O) groups is 3. The molecule has 0 bridgehead atoms. The smallest absolute Gasteiger partial charge is 0.306 e. The zero-order valence-electron chi connectivity index (χ0n) is 58.0. The predicted molar refractivity (Wildman–Crippen MR) is 366 cm³/mol. The fourth-order valence-corrected chi connectivity index (χ4v) is 11.4. The van der Waals surface area contributed by atoms with E-state index in [4.69, 9.17) is 18.9 Å². The van der Waals surface area contributed by atoms with Crippen LogP contribution in [0.3, 0.4) is 0 Å². The monoisotopic (exact) mass is 1210 g/mol. The number of carboxylic acids is 1. The zero-order chi connectivity index (χ0) is 62.6. The van der Waals surface area contributed by atoms with Crippen molar-refractivity contribution in [3.63, 3.8) is 0 Å². The van der Waals surface area contributed by atoms with Gasteiger partial charge in [0, 0.05) is 12.8 Å². The van der Waals surface area contributed by atoms with Crippen LogP contribution in [-0.4, -0.2) is 82.3 Å². The molecule has 9 heteroatoms. The van der Waals surface area contributed by atoms with Crippen LogP contribution in [0.1, 0.15) is 380 Å². The third-order valence-electron chi connectivity index (χ3n) is 17.1. The first-order valence-corrected chi connectivity index (χ1v) is 37.6. The SMILES string of the molecule is CCCCCCC/C=C\C/C=C\C/C=C\CCCCCCCCCCCCCCCCC(=O)OC(COC(=O)CCCCCCCCCCCCCCCCCCCCCCCCCCCCCCCCCC)COC(OCC[N+](C)(C)C)C(=O)[O-]. The Bertz CT molecular complexity index is 1500. The van der Waals surface area contributed by atoms with Gasteiger partial charge in [-0.05, 0) is 51.4 Å². The van der Waals surface area contributed by atoms with Crippen molar-refractivity contribution in [1.29, 1.82) is 0 Å². The molecule has 0 N–H and O–H groups in total. The number of carboxylic acid groups (broad SMARTS) is 1. The molecule has 86 heavy (non-hydrogen) atoms. The van der Waals surface area contributed by atoms with E-state index in [0.29, 0.717) is 23.9 Å². The Kier molecular flexibility index (Phi) is 66.4. The second kappa shape index (κ2) is 68.4. The number of allylic oxidation sites excluding steroid dienone is 6. The van der Waals surface area contributed by atoms with Gasteiger partial charge in [0.05, 0.1) is 40.3 Å². The summed E-state index contributed by atoms with van der Waals surface area (Å²) < 4.78 is 22.9. The van der Waals surface area contributed by atoms with Crippen molar-refractivity contribution in [2.45, 2.75) is 392 Å². The average Bonchev–Trinajstić information content (AvgIpc) is 3.64. The minimum atomic E-state index is -1.62. The first-order chi connectivity index (χ1) is 42.1. The van der Waals surface area contributed by atoms with Gasteiger partial charge in [0.2, 0.25) is 0 Å². The second-order valence-electron chi connectivity index (χ2n) is 27.0. The normalized spacial score (nSPS) is 12.8. The maximum absolute atomic E-state index is 12.9. The van der Waals surface area contributed by atoms with Gasteiger partial charge in [-0.3, -0.25) is 9.59 Å². The largest absolute Gasteiger partial charge is 0.545 e. The number of unbranched alkanes of at least 4 members (excludes halogenated alkanes) is 50. The van der Waals surface area contributed by atoms with E-state index in [0.717, 1.165) is 44.9 Å². The van der Waals surface area contributed by atoms with Gasteiger partial charge < -0.3 is 33.3 Å². The van der Waals surface area contributed by atoms with Crippen LogP contribution in [0.15, 0.2) is 36.5 Å². The topological polar surface area (TPSA) is 111 Å². The molecular weight excluding hydrogens is 1070 g/mol. The lowest BCUT2D eigenvalue weighted by Crippen LogP contribution is -2.44. The molecule has 0 aliphatic heterocycles. The summed E-state index contributed by atoms with van der Waals surface area (Å²) in [5, 5.41) is 11.8. The van der Waals surface area contributed by atoms with Gasteiger partial charge in [-0.2, -0.15) is 0 Å². The molecule has 0 rings (SSSR count). The van der Waals surface area contributed by atoms with Crippen LogP contribution in [0.4, 0.5) is 0 Å². The fourth-order valence-electron chi connectivity index (χ4n) is 11.4. The zero-order valence-corrected chi connectivity index (χ0v) is 58.0. The maximum Gasteiger partial charge on any atom is 0.306 e. The summed E-state index contributed by atoms with van der Waals surface area (Å²) in [7, 11) is 5.95. The van der Waals surface area contributed by atoms with Crippen molar-refractivity contribution >= 4 is 17.9 Å². The van der Waals surface area contributed by atoms with Crippen molar-refractivity contribution in [2.24, 2.45) is 0 Å². The average molecular weight is 1210 g/mol. The highest BCUT2D eigenvalue weighted by molar-refractivity contribution is 5.70. The number of hydrogen-bond donors (Lipinski definition) is 0. The van der Waals surface area contributed by atoms with Crippen LogP contribution < -0.4 is 5.11 Å². The number of nitrogens with zero attached hydrogens (tertiary/aromatic N) is 1. The Labute approximate surface area is 534 Å². The van der Waals surface area contributed by atoms with Crippen molar-refractivity contribution < 1.29 is 42.9 Å². The Morgan fingerprint density at radius 1 is 0.349 bits per heavy atom. The minimum Gasteiger partial charge on any atom is -0.545 e. The van der Waals surface area contributed by atoms with Crippen LogP contribution in [0.5, 0.6) is 0 Å². The number of hydrogen-bond acceptors (Lipinski definition) is 8. The van der Waals surface area contributed by atoms with Crippen molar-refractivity contribution in [2.75, 3.05) is 47.5 Å². The standard InChI is InChI=1S/C77H145NO8/c1-6-8-10-12-14-16-18-20-22-24-26-28-30-32-34-36-37-38-40-41-43-45-47-49-51-53-55-57-59-61-63-65-67-74(79)84-71-73(72-85-77(76(81)82)83-70-69-78(3,4)5)86-75(80)68-66-64-62-60-58-56-54-52-50-48-46-44-42-39-35-33-31-29-27-25-23-21-19-17-15-13-11-9-7-2/h19,21,25,27,31,33,73,77H,6-18,20,22-24,26,28-30,32,34-72H2,1-5H3/b21-19-,27-25-,33-31-. The summed E-state index contributed by atoms with van der Waals surface area (Å²) in [5.41, 5.74) is 0. The second-order valence-corrected chi connectivity index (χ2v) is 27.0. The molecule has 9 nitrogen and oxygen atoms in total. The summed E-state index contributed by atoms with van der Waals surface area (Å²) in [6.07, 6.45) is 83.9. The molecule has 0 radical (unpaired) electrons. The lowest BCUT2D eigenvalue weighted by molar-refractivity contribution is -0.870. The summed E-state index contributed by atoms with van der Waals surface area (Å²) >= 11 is 0. The number of likely N-dealkylation sites (N-methyl/N-ethyl adjacent to an activating group) is 1. The molecule has 506 valence electrons. The van der Waals surface area contributed by atoms with Crippen molar-refractivity contribution in [1.82, 2.24) is 0 Å². The van der Waals surface area contributed by atoms with E-state index in [1.807, 2.05) is 21.1 Å². The van der Waals surface area contributed by atoms with Crippen molar-refractivity contribution in [3.05, 3.63) is 36.5 Å². The molecule has 0 fully saturated rings. The lowest BCUT2D eigenvalue weighted by Gasteiger charge is -2.26. The Hall–Kier alpha value is -2.49. The van der Waals surface area contributed by atoms with E-state index in [2.05, 4.69) is 50.3 Å². The number of ether oxygens (including phenoxy) is 4. The van der Waals surface area contributed by atoms with Crippen LogP contribution in [0, 0.1) is 0 Å².